The molecule has 0 amide bonds. The molecule has 0 aliphatic carbocycles. The molecule has 2 fully saturated rings. The van der Waals surface area contributed by atoms with E-state index in [1.165, 1.54) is 25.5 Å². The van der Waals surface area contributed by atoms with E-state index < -0.39 is 32.5 Å². The number of hydrogen-bond donors (Lipinski definition) is 2. The molecule has 2 saturated heterocycles. The molecule has 0 spiro atoms. The number of carboxylic acids is 1. The number of piperidine rings is 2. The van der Waals surface area contributed by atoms with Gasteiger partial charge in [-0.2, -0.15) is 0 Å². The Labute approximate surface area is 191 Å². The van der Waals surface area contributed by atoms with Gasteiger partial charge in [-0.1, -0.05) is 6.42 Å². The molecule has 0 bridgehead atoms. The Kier molecular flexibility index (Phi) is 6.80. The molecule has 2 aliphatic rings. The van der Waals surface area contributed by atoms with Gasteiger partial charge in [0.25, 0.3) is 10.0 Å². The Hall–Kier alpha value is -2.79. The second-order valence-corrected chi connectivity index (χ2v) is 10.0. The second kappa shape index (κ2) is 9.60. The number of aromatic nitrogens is 1. The van der Waals surface area contributed by atoms with Gasteiger partial charge in [0.05, 0.1) is 11.9 Å². The molecule has 0 saturated carbocycles. The highest BCUT2D eigenvalue weighted by Crippen LogP contribution is 2.28. The number of rotatable bonds is 6. The molecule has 4 rings (SSSR count). The highest BCUT2D eigenvalue weighted by Gasteiger charge is 2.29. The third kappa shape index (κ3) is 5.25. The fourth-order valence-corrected chi connectivity index (χ4v) is 5.67. The van der Waals surface area contributed by atoms with Gasteiger partial charge >= 0.3 is 5.97 Å². The van der Waals surface area contributed by atoms with Crippen molar-refractivity contribution in [3.63, 3.8) is 0 Å². The van der Waals surface area contributed by atoms with Gasteiger partial charge in [-0.3, -0.25) is 4.72 Å². The molecule has 3 heterocycles. The van der Waals surface area contributed by atoms with E-state index in [-0.39, 0.29) is 17.1 Å². The van der Waals surface area contributed by atoms with E-state index in [1.807, 2.05) is 4.90 Å². The van der Waals surface area contributed by atoms with Crippen molar-refractivity contribution in [2.24, 2.45) is 0 Å². The maximum atomic E-state index is 13.9. The summed E-state index contributed by atoms with van der Waals surface area (Å²) in [6, 6.07) is 3.70. The molecule has 0 unspecified atom stereocenters. The molecular formula is C22H26F2N4O4S. The Balaban J connectivity index is 1.51. The van der Waals surface area contributed by atoms with Gasteiger partial charge in [-0.25, -0.2) is 27.0 Å². The number of aromatic carboxylic acids is 1. The molecule has 1 aromatic heterocycles. The first-order valence-corrected chi connectivity index (χ1v) is 12.4. The average Bonchev–Trinajstić information content (AvgIpc) is 2.81. The largest absolute Gasteiger partial charge is 0.478 e. The molecule has 8 nitrogen and oxygen atoms in total. The quantitative estimate of drug-likeness (QED) is 0.654. The van der Waals surface area contributed by atoms with Crippen molar-refractivity contribution in [2.45, 2.75) is 43.0 Å². The minimum Gasteiger partial charge on any atom is -0.478 e. The number of pyridine rings is 1. The van der Waals surface area contributed by atoms with Crippen LogP contribution in [0.5, 0.6) is 0 Å². The van der Waals surface area contributed by atoms with E-state index >= 15 is 0 Å². The van der Waals surface area contributed by atoms with Crippen LogP contribution in [0.15, 0.2) is 35.4 Å². The number of benzene rings is 1. The van der Waals surface area contributed by atoms with Gasteiger partial charge in [0.15, 0.2) is 0 Å². The third-order valence-corrected chi connectivity index (χ3v) is 7.60. The summed E-state index contributed by atoms with van der Waals surface area (Å²) < 4.78 is 54.5. The topological polar surface area (TPSA) is 103 Å². The number of nitrogens with zero attached hydrogens (tertiary/aromatic N) is 3. The van der Waals surface area contributed by atoms with Gasteiger partial charge in [-0.05, 0) is 63.0 Å². The standard InChI is InChI=1S/C22H26F2N4O4S/c23-15-4-5-19(24)20(12-15)33(31,32)26-16-13-18(22(29)30)21(25-14-16)28-10-6-17(7-11-28)27-8-2-1-3-9-27/h4-5,12-14,17,26H,1-3,6-11H2,(H,29,30). The zero-order chi connectivity index (χ0) is 23.6. The van der Waals surface area contributed by atoms with Crippen LogP contribution < -0.4 is 9.62 Å². The first-order valence-electron chi connectivity index (χ1n) is 10.9. The van der Waals surface area contributed by atoms with Crippen LogP contribution in [-0.4, -0.2) is 61.6 Å². The van der Waals surface area contributed by atoms with Crippen molar-refractivity contribution >= 4 is 27.5 Å². The van der Waals surface area contributed by atoms with Crippen molar-refractivity contribution in [3.05, 3.63) is 47.7 Å². The molecule has 0 radical (unpaired) electrons. The Morgan fingerprint density at radius 2 is 1.76 bits per heavy atom. The fraction of sp³-hybridized carbons (Fsp3) is 0.455. The lowest BCUT2D eigenvalue weighted by atomic mass is 9.99. The third-order valence-electron chi connectivity index (χ3n) is 6.20. The molecule has 33 heavy (non-hydrogen) atoms. The monoisotopic (exact) mass is 480 g/mol. The molecular weight excluding hydrogens is 454 g/mol. The van der Waals surface area contributed by atoms with Crippen molar-refractivity contribution in [1.82, 2.24) is 9.88 Å². The lowest BCUT2D eigenvalue weighted by Crippen LogP contribution is -2.47. The molecule has 2 aliphatic heterocycles. The Morgan fingerprint density at radius 3 is 2.42 bits per heavy atom. The van der Waals surface area contributed by atoms with Crippen LogP contribution in [-0.2, 0) is 10.0 Å². The van der Waals surface area contributed by atoms with E-state index in [0.29, 0.717) is 31.3 Å². The zero-order valence-corrected chi connectivity index (χ0v) is 18.8. The highest BCUT2D eigenvalue weighted by molar-refractivity contribution is 7.92. The molecule has 0 atom stereocenters. The van der Waals surface area contributed by atoms with Crippen LogP contribution in [0.1, 0.15) is 42.5 Å². The van der Waals surface area contributed by atoms with Crippen LogP contribution in [0.2, 0.25) is 0 Å². The maximum Gasteiger partial charge on any atom is 0.339 e. The molecule has 2 N–H and O–H groups in total. The molecule has 2 aromatic rings. The lowest BCUT2D eigenvalue weighted by molar-refractivity contribution is 0.0697. The van der Waals surface area contributed by atoms with Crippen LogP contribution in [0.4, 0.5) is 20.3 Å². The first kappa shape index (κ1) is 23.4. The number of likely N-dealkylation sites (tertiary alicyclic amines) is 1. The van der Waals surface area contributed by atoms with Crippen LogP contribution in [0.25, 0.3) is 0 Å². The summed E-state index contributed by atoms with van der Waals surface area (Å²) in [7, 11) is -4.48. The van der Waals surface area contributed by atoms with Crippen molar-refractivity contribution in [3.8, 4) is 0 Å². The number of hydrogen-bond acceptors (Lipinski definition) is 6. The van der Waals surface area contributed by atoms with Gasteiger partial charge in [0.2, 0.25) is 0 Å². The fourth-order valence-electron chi connectivity index (χ4n) is 4.54. The normalized spacial score (nSPS) is 18.3. The smallest absolute Gasteiger partial charge is 0.339 e. The van der Waals surface area contributed by atoms with Crippen LogP contribution >= 0.6 is 0 Å². The highest BCUT2D eigenvalue weighted by atomic mass is 32.2. The van der Waals surface area contributed by atoms with Crippen LogP contribution in [0.3, 0.4) is 0 Å². The predicted octanol–water partition coefficient (Wildman–Crippen LogP) is 3.31. The number of sulfonamides is 1. The summed E-state index contributed by atoms with van der Waals surface area (Å²) >= 11 is 0. The summed E-state index contributed by atoms with van der Waals surface area (Å²) in [4.78, 5) is 19.7. The van der Waals surface area contributed by atoms with Gasteiger partial charge in [0, 0.05) is 19.1 Å². The SMILES string of the molecule is O=C(O)c1cc(NS(=O)(=O)c2cc(F)ccc2F)cnc1N1CCC(N2CCCCC2)CC1. The zero-order valence-electron chi connectivity index (χ0n) is 18.0. The van der Waals surface area contributed by atoms with Gasteiger partial charge in [0.1, 0.15) is 27.9 Å². The number of anilines is 2. The number of halogens is 2. The number of carbonyl (C=O) groups is 1. The van der Waals surface area contributed by atoms with E-state index in [2.05, 4.69) is 14.6 Å². The lowest BCUT2D eigenvalue weighted by Gasteiger charge is -2.40. The van der Waals surface area contributed by atoms with Gasteiger partial charge in [-0.15, -0.1) is 0 Å². The number of nitrogens with one attached hydrogen (secondary N) is 1. The Bertz CT molecular complexity index is 1130. The van der Waals surface area contributed by atoms with E-state index in [4.69, 9.17) is 0 Å². The summed E-state index contributed by atoms with van der Waals surface area (Å²) in [5, 5.41) is 9.71. The maximum absolute atomic E-state index is 13.9. The summed E-state index contributed by atoms with van der Waals surface area (Å²) in [5.74, 6) is -3.03. The number of carboxylic acid groups (broad SMARTS) is 1. The van der Waals surface area contributed by atoms with Crippen molar-refractivity contribution in [1.29, 1.82) is 0 Å². The first-order chi connectivity index (χ1) is 15.7. The van der Waals surface area contributed by atoms with E-state index in [1.54, 1.807) is 0 Å². The van der Waals surface area contributed by atoms with Crippen LogP contribution in [0, 0.1) is 11.6 Å². The van der Waals surface area contributed by atoms with Crippen molar-refractivity contribution < 1.29 is 27.1 Å². The van der Waals surface area contributed by atoms with Gasteiger partial charge < -0.3 is 14.9 Å². The molecule has 178 valence electrons. The minimum absolute atomic E-state index is 0.150. The minimum atomic E-state index is -4.48. The summed E-state index contributed by atoms with van der Waals surface area (Å²) in [6.45, 7) is 3.50. The average molecular weight is 481 g/mol. The second-order valence-electron chi connectivity index (χ2n) is 8.40. The van der Waals surface area contributed by atoms with Crippen molar-refractivity contribution in [2.75, 3.05) is 35.8 Å². The summed E-state index contributed by atoms with van der Waals surface area (Å²) in [6.07, 6.45) is 6.67. The van der Waals surface area contributed by atoms with E-state index in [0.717, 1.165) is 38.1 Å². The Morgan fingerprint density at radius 1 is 1.06 bits per heavy atom. The summed E-state index contributed by atoms with van der Waals surface area (Å²) in [5.41, 5.74) is -0.311. The predicted molar refractivity (Wildman–Crippen MR) is 119 cm³/mol. The van der Waals surface area contributed by atoms with E-state index in [9.17, 15) is 27.1 Å². The molecule has 1 aromatic carbocycles. The molecule has 11 heteroatoms.